The molecule has 200 valence electrons. The molecular formula is C28H31N3O7. The van der Waals surface area contributed by atoms with Crippen LogP contribution in [0, 0.1) is 10.1 Å². The summed E-state index contributed by atoms with van der Waals surface area (Å²) >= 11 is 0. The van der Waals surface area contributed by atoms with Crippen molar-refractivity contribution in [2.45, 2.75) is 52.7 Å². The number of ketones is 1. The molecule has 0 saturated heterocycles. The number of nitro benzene ring substituents is 1. The van der Waals surface area contributed by atoms with Crippen LogP contribution in [0.4, 0.5) is 21.0 Å². The smallest absolute Gasteiger partial charge is 0.424 e. The Balaban J connectivity index is 0.000000739. The highest BCUT2D eigenvalue weighted by molar-refractivity contribution is 6.18. The van der Waals surface area contributed by atoms with Crippen molar-refractivity contribution >= 4 is 29.3 Å². The molecule has 1 heterocycles. The molecule has 3 aromatic rings. The number of hydrogen-bond donors (Lipinski definition) is 0. The first-order chi connectivity index (χ1) is 17.7. The van der Waals surface area contributed by atoms with Gasteiger partial charge in [-0.2, -0.15) is 4.90 Å². The molecule has 0 aliphatic carbocycles. The average Bonchev–Trinajstić information content (AvgIpc) is 2.83. The van der Waals surface area contributed by atoms with Crippen LogP contribution in [0.5, 0.6) is 0 Å². The monoisotopic (exact) mass is 521 g/mol. The van der Waals surface area contributed by atoms with Gasteiger partial charge in [-0.3, -0.25) is 19.9 Å². The normalized spacial score (nSPS) is 10.9. The third kappa shape index (κ3) is 9.12. The molecule has 0 aliphatic rings. The second kappa shape index (κ2) is 12.6. The van der Waals surface area contributed by atoms with Gasteiger partial charge < -0.3 is 9.47 Å². The van der Waals surface area contributed by atoms with Crippen molar-refractivity contribution in [1.29, 1.82) is 0 Å². The Hall–Kier alpha value is -4.60. The fourth-order valence-electron chi connectivity index (χ4n) is 2.95. The molecule has 10 heteroatoms. The molecule has 1 aromatic heterocycles. The summed E-state index contributed by atoms with van der Waals surface area (Å²) in [7, 11) is 0. The van der Waals surface area contributed by atoms with Gasteiger partial charge in [0.2, 0.25) is 0 Å². The molecule has 0 N–H and O–H groups in total. The number of ether oxygens (including phenoxy) is 2. The van der Waals surface area contributed by atoms with E-state index in [0.29, 0.717) is 4.90 Å². The molecule has 0 fully saturated rings. The molecule has 0 aliphatic heterocycles. The van der Waals surface area contributed by atoms with E-state index in [1.807, 2.05) is 18.2 Å². The number of hydrogen-bond acceptors (Lipinski definition) is 8. The van der Waals surface area contributed by atoms with Crippen molar-refractivity contribution in [2.24, 2.45) is 0 Å². The van der Waals surface area contributed by atoms with Crippen LogP contribution in [0.3, 0.4) is 0 Å². The van der Waals surface area contributed by atoms with Crippen LogP contribution < -0.4 is 4.90 Å². The van der Waals surface area contributed by atoms with Crippen LogP contribution in [0.25, 0.3) is 0 Å². The van der Waals surface area contributed by atoms with Crippen LogP contribution in [0.2, 0.25) is 0 Å². The van der Waals surface area contributed by atoms with E-state index in [-0.39, 0.29) is 16.8 Å². The van der Waals surface area contributed by atoms with E-state index in [4.69, 9.17) is 9.47 Å². The number of nitrogens with zero attached hydrogens (tertiary/aromatic N) is 3. The molecular weight excluding hydrogens is 490 g/mol. The first-order valence-corrected chi connectivity index (χ1v) is 11.7. The minimum absolute atomic E-state index is 0.0986. The third-order valence-corrected chi connectivity index (χ3v) is 4.43. The summed E-state index contributed by atoms with van der Waals surface area (Å²) < 4.78 is 10.7. The highest BCUT2D eigenvalue weighted by Gasteiger charge is 2.36. The standard InChI is InChI=1S/C23H26N2O7.C5H5N/c1-22(2,3)31-20(27)24(21(28)32-23(4,5)6)18-14-16(25(29)30)12-13-17(18)19(26)15-10-8-7-9-11-15;1-2-4-6-5-3-1/h7-14H,1-6H3;1-5H. The van der Waals surface area contributed by atoms with E-state index in [1.54, 1.807) is 84.3 Å². The van der Waals surface area contributed by atoms with Crippen molar-refractivity contribution < 1.29 is 28.8 Å². The number of pyridine rings is 1. The van der Waals surface area contributed by atoms with Gasteiger partial charge in [-0.15, -0.1) is 0 Å². The lowest BCUT2D eigenvalue weighted by Crippen LogP contribution is -2.44. The van der Waals surface area contributed by atoms with E-state index in [0.717, 1.165) is 12.1 Å². The maximum atomic E-state index is 13.2. The molecule has 10 nitrogen and oxygen atoms in total. The molecule has 2 amide bonds. The topological polar surface area (TPSA) is 129 Å². The summed E-state index contributed by atoms with van der Waals surface area (Å²) in [6.07, 6.45) is 1.24. The van der Waals surface area contributed by atoms with Gasteiger partial charge in [0.25, 0.3) is 5.69 Å². The van der Waals surface area contributed by atoms with Crippen LogP contribution in [0.1, 0.15) is 57.5 Å². The molecule has 0 unspecified atom stereocenters. The SMILES string of the molecule is CC(C)(C)OC(=O)N(C(=O)OC(C)(C)C)c1cc([N+](=O)[O-])ccc1C(=O)c1ccccc1.c1ccncc1. The van der Waals surface area contributed by atoms with Crippen molar-refractivity contribution in [1.82, 2.24) is 4.98 Å². The number of carbonyl (C=O) groups excluding carboxylic acids is 3. The molecule has 0 radical (unpaired) electrons. The lowest BCUT2D eigenvalue weighted by Gasteiger charge is -2.29. The number of imide groups is 1. The first-order valence-electron chi connectivity index (χ1n) is 11.7. The van der Waals surface area contributed by atoms with Crippen molar-refractivity contribution in [3.05, 3.63) is 100 Å². The van der Waals surface area contributed by atoms with Gasteiger partial charge in [0.15, 0.2) is 5.78 Å². The summed E-state index contributed by atoms with van der Waals surface area (Å²) in [5.41, 5.74) is -2.52. The van der Waals surface area contributed by atoms with Gasteiger partial charge in [0.1, 0.15) is 11.2 Å². The van der Waals surface area contributed by atoms with Gasteiger partial charge in [-0.1, -0.05) is 36.4 Å². The lowest BCUT2D eigenvalue weighted by atomic mass is 10.0. The zero-order chi connectivity index (χ0) is 28.5. The summed E-state index contributed by atoms with van der Waals surface area (Å²) in [5, 5.41) is 11.4. The highest BCUT2D eigenvalue weighted by atomic mass is 16.6. The Morgan fingerprint density at radius 1 is 0.789 bits per heavy atom. The number of amides is 2. The minimum atomic E-state index is -1.13. The average molecular weight is 522 g/mol. The van der Waals surface area contributed by atoms with Crippen LogP contribution >= 0.6 is 0 Å². The van der Waals surface area contributed by atoms with Crippen LogP contribution in [-0.4, -0.2) is 39.1 Å². The van der Waals surface area contributed by atoms with Crippen molar-refractivity contribution in [3.8, 4) is 0 Å². The van der Waals surface area contributed by atoms with E-state index in [2.05, 4.69) is 4.98 Å². The number of aromatic nitrogens is 1. The fraction of sp³-hybridized carbons (Fsp3) is 0.286. The predicted octanol–water partition coefficient (Wildman–Crippen LogP) is 6.58. The Kier molecular flexibility index (Phi) is 9.81. The zero-order valence-electron chi connectivity index (χ0n) is 22.2. The number of rotatable bonds is 4. The van der Waals surface area contributed by atoms with Gasteiger partial charge >= 0.3 is 12.2 Å². The van der Waals surface area contributed by atoms with E-state index >= 15 is 0 Å². The summed E-state index contributed by atoms with van der Waals surface area (Å²) in [6.45, 7) is 9.59. The second-order valence-electron chi connectivity index (χ2n) is 9.97. The van der Waals surface area contributed by atoms with Gasteiger partial charge in [0, 0.05) is 35.7 Å². The second-order valence-corrected chi connectivity index (χ2v) is 9.97. The van der Waals surface area contributed by atoms with E-state index in [1.165, 1.54) is 6.07 Å². The maximum absolute atomic E-state index is 13.2. The molecule has 2 aromatic carbocycles. The molecule has 0 atom stereocenters. The van der Waals surface area contributed by atoms with E-state index in [9.17, 15) is 24.5 Å². The molecule has 0 spiro atoms. The zero-order valence-corrected chi connectivity index (χ0v) is 22.2. The van der Waals surface area contributed by atoms with Gasteiger partial charge in [-0.25, -0.2) is 9.59 Å². The number of non-ortho nitro benzene ring substituents is 1. The Morgan fingerprint density at radius 3 is 1.68 bits per heavy atom. The fourth-order valence-corrected chi connectivity index (χ4v) is 2.95. The highest BCUT2D eigenvalue weighted by Crippen LogP contribution is 2.31. The number of anilines is 1. The molecule has 3 rings (SSSR count). The number of benzene rings is 2. The summed E-state index contributed by atoms with van der Waals surface area (Å²) in [4.78, 5) is 54.2. The lowest BCUT2D eigenvalue weighted by molar-refractivity contribution is -0.384. The Labute approximate surface area is 221 Å². The van der Waals surface area contributed by atoms with Gasteiger partial charge in [0.05, 0.1) is 10.6 Å². The van der Waals surface area contributed by atoms with E-state index < -0.39 is 39.8 Å². The molecule has 0 saturated carbocycles. The van der Waals surface area contributed by atoms with Crippen LogP contribution in [-0.2, 0) is 9.47 Å². The maximum Gasteiger partial charge on any atom is 0.424 e. The van der Waals surface area contributed by atoms with Crippen molar-refractivity contribution in [3.63, 3.8) is 0 Å². The quantitative estimate of drug-likeness (QED) is 0.214. The minimum Gasteiger partial charge on any atom is -0.443 e. The van der Waals surface area contributed by atoms with Crippen LogP contribution in [0.15, 0.2) is 79.1 Å². The number of nitro groups is 1. The first kappa shape index (κ1) is 29.6. The largest absolute Gasteiger partial charge is 0.443 e. The molecule has 38 heavy (non-hydrogen) atoms. The predicted molar refractivity (Wildman–Crippen MR) is 142 cm³/mol. The third-order valence-electron chi connectivity index (χ3n) is 4.43. The Bertz CT molecular complexity index is 1210. The van der Waals surface area contributed by atoms with Crippen molar-refractivity contribution in [2.75, 3.05) is 4.90 Å². The summed E-state index contributed by atoms with van der Waals surface area (Å²) in [6, 6.07) is 17.2. The van der Waals surface area contributed by atoms with Gasteiger partial charge in [-0.05, 0) is 59.7 Å². The molecule has 0 bridgehead atoms. The summed E-state index contributed by atoms with van der Waals surface area (Å²) in [5.74, 6) is -0.535. The number of carbonyl (C=O) groups is 3. The Morgan fingerprint density at radius 2 is 1.29 bits per heavy atom.